The predicted octanol–water partition coefficient (Wildman–Crippen LogP) is 5.26. The fourth-order valence-corrected chi connectivity index (χ4v) is 1.49. The molecule has 0 rings (SSSR count). The molecule has 0 spiro atoms. The van der Waals surface area contributed by atoms with Crippen molar-refractivity contribution in [3.8, 4) is 0 Å². The Morgan fingerprint density at radius 3 is 1.74 bits per heavy atom. The van der Waals surface area contributed by atoms with E-state index in [2.05, 4.69) is 39.8 Å². The van der Waals surface area contributed by atoms with Crippen LogP contribution in [0.5, 0.6) is 0 Å². The molecule has 108 valence electrons. The summed E-state index contributed by atoms with van der Waals surface area (Å²) in [6.45, 7) is 8.71. The molecule has 0 fully saturated rings. The molecule has 4 nitrogen and oxygen atoms in total. The number of rotatable bonds is 7. The second-order valence-electron chi connectivity index (χ2n) is 4.73. The van der Waals surface area contributed by atoms with Crippen molar-refractivity contribution in [1.82, 2.24) is 0 Å². The predicted molar refractivity (Wildman–Crippen MR) is 82.6 cm³/mol. The van der Waals surface area contributed by atoms with Crippen LogP contribution in [0.15, 0.2) is 34.9 Å². The molecule has 0 amide bonds. The SMILES string of the molecule is CC(C)=CCCC(C)=CCCC(C)=CCO.[N-]=[N+]=[N-]. The molecular weight excluding hydrogens is 238 g/mol. The van der Waals surface area contributed by atoms with Gasteiger partial charge in [0.1, 0.15) is 0 Å². The number of aliphatic hydroxyl groups excluding tert-OH is 1. The highest BCUT2D eigenvalue weighted by molar-refractivity contribution is 5.05. The molecule has 0 heterocycles. The minimum atomic E-state index is 0.162. The molecule has 0 aliphatic carbocycles. The molecule has 0 saturated carbocycles. The molecular formula is C15H26N3O-. The van der Waals surface area contributed by atoms with Gasteiger partial charge in [0.25, 0.3) is 0 Å². The minimum absolute atomic E-state index is 0.162. The number of hydrogen-bond acceptors (Lipinski definition) is 1. The van der Waals surface area contributed by atoms with Crippen LogP contribution < -0.4 is 0 Å². The molecule has 0 aliphatic heterocycles. The first-order valence-corrected chi connectivity index (χ1v) is 6.51. The highest BCUT2D eigenvalue weighted by atomic mass is 16.2. The van der Waals surface area contributed by atoms with Crippen molar-refractivity contribution in [2.75, 3.05) is 6.61 Å². The molecule has 0 aromatic heterocycles. The Balaban J connectivity index is 0. The van der Waals surface area contributed by atoms with Gasteiger partial charge in [-0.2, -0.15) is 0 Å². The first-order valence-electron chi connectivity index (χ1n) is 6.51. The summed E-state index contributed by atoms with van der Waals surface area (Å²) in [6, 6.07) is 0. The third-order valence-corrected chi connectivity index (χ3v) is 2.56. The lowest BCUT2D eigenvalue weighted by Gasteiger charge is -2.00. The highest BCUT2D eigenvalue weighted by Gasteiger charge is 1.91. The Morgan fingerprint density at radius 1 is 0.895 bits per heavy atom. The summed E-state index contributed by atoms with van der Waals surface area (Å²) < 4.78 is 0. The van der Waals surface area contributed by atoms with Crippen LogP contribution in [0.2, 0.25) is 0 Å². The van der Waals surface area contributed by atoms with E-state index in [-0.39, 0.29) is 6.61 Å². The smallest absolute Gasteiger partial charge is 0.0614 e. The van der Waals surface area contributed by atoms with Crippen molar-refractivity contribution in [2.45, 2.75) is 53.4 Å². The summed E-state index contributed by atoms with van der Waals surface area (Å²) in [7, 11) is 0. The summed E-state index contributed by atoms with van der Waals surface area (Å²) in [4.78, 5) is 1.50. The van der Waals surface area contributed by atoms with Crippen LogP contribution in [0.25, 0.3) is 16.0 Å². The molecule has 0 radical (unpaired) electrons. The lowest BCUT2D eigenvalue weighted by Crippen LogP contribution is -1.82. The normalized spacial score (nSPS) is 11.2. The van der Waals surface area contributed by atoms with Gasteiger partial charge in [-0.15, -0.1) is 0 Å². The van der Waals surface area contributed by atoms with Gasteiger partial charge < -0.3 is 16.2 Å². The second kappa shape index (κ2) is 14.6. The average molecular weight is 264 g/mol. The quantitative estimate of drug-likeness (QED) is 0.289. The molecule has 0 aliphatic rings. The Kier molecular flexibility index (Phi) is 15.2. The van der Waals surface area contributed by atoms with Crippen molar-refractivity contribution < 1.29 is 5.11 Å². The zero-order valence-electron chi connectivity index (χ0n) is 12.6. The van der Waals surface area contributed by atoms with Gasteiger partial charge in [-0.1, -0.05) is 34.9 Å². The molecule has 1 N–H and O–H groups in total. The fourth-order valence-electron chi connectivity index (χ4n) is 1.49. The van der Waals surface area contributed by atoms with Gasteiger partial charge in [-0.05, 0) is 53.4 Å². The van der Waals surface area contributed by atoms with E-state index in [4.69, 9.17) is 16.2 Å². The zero-order chi connectivity index (χ0) is 15.1. The van der Waals surface area contributed by atoms with Crippen LogP contribution in [0.1, 0.15) is 53.4 Å². The Hall–Kier alpha value is -1.51. The number of nitrogens with zero attached hydrogens (tertiary/aromatic N) is 3. The van der Waals surface area contributed by atoms with Crippen LogP contribution in [0.3, 0.4) is 0 Å². The van der Waals surface area contributed by atoms with Crippen LogP contribution >= 0.6 is 0 Å². The lowest BCUT2D eigenvalue weighted by molar-refractivity contribution is 0.341. The molecule has 0 saturated heterocycles. The molecule has 4 heteroatoms. The van der Waals surface area contributed by atoms with Gasteiger partial charge in [0.2, 0.25) is 0 Å². The molecule has 19 heavy (non-hydrogen) atoms. The van der Waals surface area contributed by atoms with Crippen molar-refractivity contribution in [3.63, 3.8) is 0 Å². The van der Waals surface area contributed by atoms with Crippen LogP contribution in [-0.4, -0.2) is 11.7 Å². The maximum absolute atomic E-state index is 8.72. The zero-order valence-corrected chi connectivity index (χ0v) is 12.6. The first kappa shape index (κ1) is 19.8. The van der Waals surface area contributed by atoms with E-state index in [9.17, 15) is 0 Å². The van der Waals surface area contributed by atoms with E-state index >= 15 is 0 Å². The molecule has 0 bridgehead atoms. The molecule has 0 atom stereocenters. The molecule has 0 unspecified atom stereocenters. The van der Waals surface area contributed by atoms with Gasteiger partial charge in [0, 0.05) is 0 Å². The van der Waals surface area contributed by atoms with Crippen molar-refractivity contribution >= 4 is 0 Å². The second-order valence-corrected chi connectivity index (χ2v) is 4.73. The third-order valence-electron chi connectivity index (χ3n) is 2.56. The maximum Gasteiger partial charge on any atom is 0.0614 e. The Labute approximate surface area is 117 Å². The summed E-state index contributed by atoms with van der Waals surface area (Å²) in [5.74, 6) is 0. The van der Waals surface area contributed by atoms with E-state index < -0.39 is 0 Å². The van der Waals surface area contributed by atoms with Crippen LogP contribution in [0.4, 0.5) is 0 Å². The van der Waals surface area contributed by atoms with E-state index in [1.54, 1.807) is 0 Å². The first-order chi connectivity index (χ1) is 8.97. The van der Waals surface area contributed by atoms with Crippen molar-refractivity contribution in [3.05, 3.63) is 50.9 Å². The van der Waals surface area contributed by atoms with Crippen LogP contribution in [-0.2, 0) is 0 Å². The number of hydrogen-bond donors (Lipinski definition) is 1. The lowest BCUT2D eigenvalue weighted by atomic mass is 10.1. The average Bonchev–Trinajstić information content (AvgIpc) is 2.29. The van der Waals surface area contributed by atoms with Gasteiger partial charge in [-0.25, -0.2) is 0 Å². The minimum Gasteiger partial charge on any atom is -0.392 e. The largest absolute Gasteiger partial charge is 0.392 e. The monoisotopic (exact) mass is 264 g/mol. The van der Waals surface area contributed by atoms with Crippen LogP contribution in [0, 0.1) is 0 Å². The van der Waals surface area contributed by atoms with Gasteiger partial charge >= 0.3 is 0 Å². The van der Waals surface area contributed by atoms with Gasteiger partial charge in [0.15, 0.2) is 0 Å². The maximum atomic E-state index is 8.72. The summed E-state index contributed by atoms with van der Waals surface area (Å²) in [6.07, 6.45) is 10.9. The van der Waals surface area contributed by atoms with E-state index in [1.807, 2.05) is 6.08 Å². The van der Waals surface area contributed by atoms with Gasteiger partial charge in [-0.3, -0.25) is 4.91 Å². The number of allylic oxidation sites excluding steroid dienone is 5. The molecule has 0 aromatic carbocycles. The summed E-state index contributed by atoms with van der Waals surface area (Å²) in [5, 5.41) is 8.72. The topological polar surface area (TPSA) is 78.9 Å². The van der Waals surface area contributed by atoms with Crippen molar-refractivity contribution in [2.24, 2.45) is 0 Å². The summed E-state index contributed by atoms with van der Waals surface area (Å²) in [5.41, 5.74) is 17.6. The number of aliphatic hydroxyl groups is 1. The van der Waals surface area contributed by atoms with E-state index in [0.717, 1.165) is 25.7 Å². The molecule has 0 aromatic rings. The summed E-state index contributed by atoms with van der Waals surface area (Å²) >= 11 is 0. The van der Waals surface area contributed by atoms with E-state index in [1.165, 1.54) is 21.6 Å². The standard InChI is InChI=1S/C15H26O.N3/c1-13(2)7-5-8-14(3)9-6-10-15(4)11-12-16;1-3-2/h7,9,11,16H,5-6,8,10,12H2,1-4H3;/q;-1. The van der Waals surface area contributed by atoms with E-state index in [0.29, 0.717) is 0 Å². The third kappa shape index (κ3) is 19.0. The Bertz CT molecular complexity index is 344. The Morgan fingerprint density at radius 2 is 1.32 bits per heavy atom. The highest BCUT2D eigenvalue weighted by Crippen LogP contribution is 2.10. The van der Waals surface area contributed by atoms with Gasteiger partial charge in [0.05, 0.1) is 6.61 Å². The van der Waals surface area contributed by atoms with Crippen molar-refractivity contribution in [1.29, 1.82) is 0 Å². The fraction of sp³-hybridized carbons (Fsp3) is 0.600.